The van der Waals surface area contributed by atoms with Gasteiger partial charge >= 0.3 is 0 Å². The van der Waals surface area contributed by atoms with Crippen LogP contribution in [0.2, 0.25) is 5.02 Å². The lowest BCUT2D eigenvalue weighted by Gasteiger charge is -2.14. The first-order valence-corrected chi connectivity index (χ1v) is 7.97. The molecule has 108 valence electrons. The molecular weight excluding hydrogens is 419 g/mol. The number of hydrogen-bond acceptors (Lipinski definition) is 3. The minimum absolute atomic E-state index is 0.510. The van der Waals surface area contributed by atoms with Crippen LogP contribution in [0.5, 0.6) is 5.75 Å². The van der Waals surface area contributed by atoms with Crippen molar-refractivity contribution in [3.63, 3.8) is 0 Å². The fraction of sp³-hybridized carbons (Fsp3) is 0.133. The molecule has 0 aliphatic heterocycles. The zero-order chi connectivity index (χ0) is 15.4. The van der Waals surface area contributed by atoms with Gasteiger partial charge in [-0.15, -0.1) is 0 Å². The Hall–Kier alpha value is -1.22. The maximum absolute atomic E-state index is 9.12. The predicted octanol–water partition coefficient (Wildman–Crippen LogP) is 5.36. The number of halogens is 3. The Balaban J connectivity index is 2.29. The normalized spacial score (nSPS) is 10.0. The van der Waals surface area contributed by atoms with E-state index in [4.69, 9.17) is 21.6 Å². The lowest BCUT2D eigenvalue weighted by molar-refractivity contribution is 0.407. The highest BCUT2D eigenvalue weighted by atomic mass is 79.9. The van der Waals surface area contributed by atoms with Crippen molar-refractivity contribution in [2.24, 2.45) is 0 Å². The molecule has 0 saturated heterocycles. The smallest absolute Gasteiger partial charge is 0.138 e. The van der Waals surface area contributed by atoms with E-state index in [-0.39, 0.29) is 0 Å². The van der Waals surface area contributed by atoms with Crippen molar-refractivity contribution in [3.05, 3.63) is 55.4 Å². The zero-order valence-electron chi connectivity index (χ0n) is 11.1. The Kier molecular flexibility index (Phi) is 5.51. The van der Waals surface area contributed by atoms with Crippen LogP contribution in [0.3, 0.4) is 0 Å². The molecule has 0 unspecified atom stereocenters. The predicted molar refractivity (Wildman–Crippen MR) is 91.9 cm³/mol. The molecule has 6 heteroatoms. The van der Waals surface area contributed by atoms with E-state index >= 15 is 0 Å². The number of benzene rings is 2. The Bertz CT molecular complexity index is 714. The van der Waals surface area contributed by atoms with Crippen molar-refractivity contribution < 1.29 is 4.74 Å². The minimum atomic E-state index is 0.510. The molecule has 0 aliphatic rings. The number of nitriles is 1. The molecule has 0 heterocycles. The summed E-state index contributed by atoms with van der Waals surface area (Å²) in [7, 11) is 1.62. The second-order valence-corrected chi connectivity index (χ2v) is 6.44. The number of anilines is 1. The van der Waals surface area contributed by atoms with Gasteiger partial charge in [-0.1, -0.05) is 27.5 Å². The van der Waals surface area contributed by atoms with Gasteiger partial charge in [-0.2, -0.15) is 5.26 Å². The molecular formula is C15H11Br2ClN2O. The third-order valence-electron chi connectivity index (χ3n) is 2.86. The Morgan fingerprint density at radius 2 is 2.05 bits per heavy atom. The summed E-state index contributed by atoms with van der Waals surface area (Å²) in [5.74, 6) is 0.756. The Labute approximate surface area is 145 Å². The van der Waals surface area contributed by atoms with Crippen LogP contribution >= 0.6 is 43.5 Å². The number of ether oxygens (including phenoxy) is 1. The van der Waals surface area contributed by atoms with Gasteiger partial charge < -0.3 is 10.1 Å². The highest BCUT2D eigenvalue weighted by Crippen LogP contribution is 2.33. The maximum Gasteiger partial charge on any atom is 0.138 e. The molecule has 3 nitrogen and oxygen atoms in total. The van der Waals surface area contributed by atoms with Crippen LogP contribution in [0, 0.1) is 11.3 Å². The molecule has 1 N–H and O–H groups in total. The molecule has 0 aliphatic carbocycles. The number of rotatable bonds is 4. The van der Waals surface area contributed by atoms with Crippen LogP contribution in [-0.2, 0) is 6.54 Å². The SMILES string of the molecule is COc1c(Br)cc(Br)cc1CNc1cc(Cl)ccc1C#N. The van der Waals surface area contributed by atoms with E-state index in [9.17, 15) is 0 Å². The van der Waals surface area contributed by atoms with Gasteiger partial charge in [0.1, 0.15) is 11.8 Å². The van der Waals surface area contributed by atoms with Gasteiger partial charge in [0.15, 0.2) is 0 Å². The fourth-order valence-electron chi connectivity index (χ4n) is 1.92. The summed E-state index contributed by atoms with van der Waals surface area (Å²) in [6.07, 6.45) is 0. The van der Waals surface area contributed by atoms with Crippen molar-refractivity contribution in [3.8, 4) is 11.8 Å². The third-order valence-corrected chi connectivity index (χ3v) is 4.14. The number of nitrogens with one attached hydrogen (secondary N) is 1. The van der Waals surface area contributed by atoms with Gasteiger partial charge in [0.25, 0.3) is 0 Å². The van der Waals surface area contributed by atoms with E-state index in [0.717, 1.165) is 20.3 Å². The van der Waals surface area contributed by atoms with Crippen LogP contribution in [0.1, 0.15) is 11.1 Å². The quantitative estimate of drug-likeness (QED) is 0.711. The molecule has 0 aromatic heterocycles. The molecule has 2 aromatic rings. The molecule has 0 fully saturated rings. The van der Waals surface area contributed by atoms with Crippen LogP contribution in [0.25, 0.3) is 0 Å². The third kappa shape index (κ3) is 3.91. The molecule has 2 rings (SSSR count). The lowest BCUT2D eigenvalue weighted by atomic mass is 10.1. The molecule has 0 amide bonds. The summed E-state index contributed by atoms with van der Waals surface area (Å²) in [4.78, 5) is 0. The van der Waals surface area contributed by atoms with Crippen LogP contribution < -0.4 is 10.1 Å². The summed E-state index contributed by atoms with van der Waals surface area (Å²) >= 11 is 12.9. The minimum Gasteiger partial charge on any atom is -0.495 e. The molecule has 0 spiro atoms. The first-order valence-electron chi connectivity index (χ1n) is 6.00. The molecule has 0 radical (unpaired) electrons. The first kappa shape index (κ1) is 16.2. The van der Waals surface area contributed by atoms with Crippen molar-refractivity contribution in [2.75, 3.05) is 12.4 Å². The monoisotopic (exact) mass is 428 g/mol. The van der Waals surface area contributed by atoms with Gasteiger partial charge in [0.05, 0.1) is 22.8 Å². The molecule has 21 heavy (non-hydrogen) atoms. The van der Waals surface area contributed by atoms with Gasteiger partial charge in [0, 0.05) is 21.6 Å². The van der Waals surface area contributed by atoms with Gasteiger partial charge in [-0.05, 0) is 46.3 Å². The molecule has 2 aromatic carbocycles. The highest BCUT2D eigenvalue weighted by molar-refractivity contribution is 9.11. The van der Waals surface area contributed by atoms with Crippen LogP contribution in [0.15, 0.2) is 39.3 Å². The van der Waals surface area contributed by atoms with Crippen LogP contribution in [-0.4, -0.2) is 7.11 Å². The van der Waals surface area contributed by atoms with E-state index in [1.807, 2.05) is 12.1 Å². The van der Waals surface area contributed by atoms with E-state index in [2.05, 4.69) is 43.2 Å². The average Bonchev–Trinajstić information content (AvgIpc) is 2.44. The fourth-order valence-corrected chi connectivity index (χ4v) is 3.57. The standard InChI is InChI=1S/C15H11Br2ClN2O/c1-21-15-10(4-11(16)5-13(15)17)8-20-14-6-12(18)3-2-9(14)7-19/h2-6,20H,8H2,1H3. The summed E-state index contributed by atoms with van der Waals surface area (Å²) in [6.45, 7) is 0.510. The maximum atomic E-state index is 9.12. The Morgan fingerprint density at radius 3 is 2.71 bits per heavy atom. The lowest BCUT2D eigenvalue weighted by Crippen LogP contribution is -2.04. The first-order chi connectivity index (χ1) is 10.0. The number of methoxy groups -OCH3 is 1. The van der Waals surface area contributed by atoms with Crippen LogP contribution in [0.4, 0.5) is 5.69 Å². The molecule has 0 atom stereocenters. The number of hydrogen-bond donors (Lipinski definition) is 1. The summed E-state index contributed by atoms with van der Waals surface area (Å²) in [5.41, 5.74) is 2.21. The topological polar surface area (TPSA) is 45.0 Å². The summed E-state index contributed by atoms with van der Waals surface area (Å²) in [5, 5.41) is 12.9. The zero-order valence-corrected chi connectivity index (χ0v) is 15.0. The van der Waals surface area contributed by atoms with Gasteiger partial charge in [-0.3, -0.25) is 0 Å². The van der Waals surface area contributed by atoms with Crippen molar-refractivity contribution >= 4 is 49.1 Å². The largest absolute Gasteiger partial charge is 0.495 e. The van der Waals surface area contributed by atoms with Crippen molar-refractivity contribution in [1.82, 2.24) is 0 Å². The van der Waals surface area contributed by atoms with E-state index in [1.54, 1.807) is 25.3 Å². The highest BCUT2D eigenvalue weighted by Gasteiger charge is 2.10. The van der Waals surface area contributed by atoms with Gasteiger partial charge in [0.2, 0.25) is 0 Å². The summed E-state index contributed by atoms with van der Waals surface area (Å²) < 4.78 is 7.21. The van der Waals surface area contributed by atoms with E-state index in [0.29, 0.717) is 22.8 Å². The average molecular weight is 431 g/mol. The van der Waals surface area contributed by atoms with Crippen molar-refractivity contribution in [2.45, 2.75) is 6.54 Å². The second-order valence-electron chi connectivity index (χ2n) is 4.24. The molecule has 0 bridgehead atoms. The van der Waals surface area contributed by atoms with E-state index in [1.165, 1.54) is 0 Å². The van der Waals surface area contributed by atoms with Gasteiger partial charge in [-0.25, -0.2) is 0 Å². The Morgan fingerprint density at radius 1 is 1.29 bits per heavy atom. The second kappa shape index (κ2) is 7.17. The van der Waals surface area contributed by atoms with E-state index < -0.39 is 0 Å². The van der Waals surface area contributed by atoms with Crippen molar-refractivity contribution in [1.29, 1.82) is 5.26 Å². The number of nitrogens with zero attached hydrogens (tertiary/aromatic N) is 1. The summed E-state index contributed by atoms with van der Waals surface area (Å²) in [6, 6.07) is 11.1. The molecule has 0 saturated carbocycles.